The van der Waals surface area contributed by atoms with Gasteiger partial charge in [-0.2, -0.15) is 0 Å². The average Bonchev–Trinajstić information content (AvgIpc) is 3.31. The van der Waals surface area contributed by atoms with Crippen LogP contribution in [0.3, 0.4) is 0 Å². The largest absolute Gasteiger partial charge is 0.425 e. The van der Waals surface area contributed by atoms with Crippen LogP contribution in [0.4, 0.5) is 0 Å². The Morgan fingerprint density at radius 2 is 0.781 bits per heavy atom. The molecule has 0 N–H and O–H groups in total. The molecular weight excluding hydrogens is 400 g/mol. The van der Waals surface area contributed by atoms with E-state index in [2.05, 4.69) is 0 Å². The van der Waals surface area contributed by atoms with Crippen molar-refractivity contribution < 1.29 is 19.1 Å². The Balaban J connectivity index is 1.85. The van der Waals surface area contributed by atoms with Crippen LogP contribution in [0.5, 0.6) is 11.5 Å². The van der Waals surface area contributed by atoms with E-state index in [-0.39, 0.29) is 0 Å². The first-order valence-electron chi connectivity index (χ1n) is 10.5. The van der Waals surface area contributed by atoms with Crippen LogP contribution >= 0.6 is 0 Å². The van der Waals surface area contributed by atoms with Crippen LogP contribution in [0.25, 0.3) is 0 Å². The van der Waals surface area contributed by atoms with Gasteiger partial charge in [0.05, 0.1) is 0 Å². The highest BCUT2D eigenvalue weighted by Gasteiger charge is 2.72. The maximum Gasteiger partial charge on any atom is 0.328 e. The van der Waals surface area contributed by atoms with E-state index in [0.29, 0.717) is 33.8 Å². The number of para-hydroxylation sites is 2. The maximum absolute atomic E-state index is 14.0. The number of fused-ring (bicyclic) bond motifs is 2. The molecule has 0 spiro atoms. The zero-order chi connectivity index (χ0) is 21.8. The molecule has 4 nitrogen and oxygen atoms in total. The van der Waals surface area contributed by atoms with Crippen molar-refractivity contribution in [2.24, 2.45) is 0 Å². The van der Waals surface area contributed by atoms with Gasteiger partial charge in [0.2, 0.25) is 0 Å². The number of rotatable bonds is 3. The lowest BCUT2D eigenvalue weighted by molar-refractivity contribution is -0.147. The minimum atomic E-state index is -1.46. The average molecular weight is 418 g/mol. The second kappa shape index (κ2) is 6.66. The quantitative estimate of drug-likeness (QED) is 0.354. The molecule has 32 heavy (non-hydrogen) atoms. The minimum absolute atomic E-state index is 0.453. The van der Waals surface area contributed by atoms with Crippen LogP contribution in [0, 0.1) is 0 Å². The Hall–Kier alpha value is -4.18. The first-order chi connectivity index (χ1) is 15.7. The third-order valence-electron chi connectivity index (χ3n) is 6.58. The second-order valence-corrected chi connectivity index (χ2v) is 8.00. The van der Waals surface area contributed by atoms with Gasteiger partial charge in [0.25, 0.3) is 0 Å². The summed E-state index contributed by atoms with van der Waals surface area (Å²) in [6.45, 7) is 0. The van der Waals surface area contributed by atoms with Gasteiger partial charge >= 0.3 is 11.9 Å². The molecule has 4 aromatic rings. The van der Waals surface area contributed by atoms with Crippen molar-refractivity contribution in [1.29, 1.82) is 0 Å². The van der Waals surface area contributed by atoms with E-state index in [0.717, 1.165) is 0 Å². The van der Waals surface area contributed by atoms with Gasteiger partial charge in [0.1, 0.15) is 22.3 Å². The van der Waals surface area contributed by atoms with Crippen molar-refractivity contribution in [3.63, 3.8) is 0 Å². The highest BCUT2D eigenvalue weighted by atomic mass is 16.6. The standard InChI is InChI=1S/C28H18O4/c29-25-27(19-11-3-1-4-12-19,21-15-7-9-17-23(21)31-25)28(20-13-5-2-6-14-20)22-16-8-10-18-24(22)32-26(28)30/h1-18H. The van der Waals surface area contributed by atoms with E-state index in [1.165, 1.54) is 0 Å². The highest BCUT2D eigenvalue weighted by Crippen LogP contribution is 2.62. The molecule has 0 bridgehead atoms. The first-order valence-corrected chi connectivity index (χ1v) is 10.5. The van der Waals surface area contributed by atoms with Crippen LogP contribution < -0.4 is 9.47 Å². The molecule has 0 aromatic heterocycles. The van der Waals surface area contributed by atoms with Gasteiger partial charge in [-0.15, -0.1) is 0 Å². The smallest absolute Gasteiger partial charge is 0.328 e. The predicted molar refractivity (Wildman–Crippen MR) is 119 cm³/mol. The lowest BCUT2D eigenvalue weighted by Gasteiger charge is -2.42. The van der Waals surface area contributed by atoms with E-state index in [9.17, 15) is 9.59 Å². The van der Waals surface area contributed by atoms with Gasteiger partial charge in [0.15, 0.2) is 0 Å². The van der Waals surface area contributed by atoms with E-state index in [1.807, 2.05) is 97.1 Å². The molecule has 4 heteroatoms. The Kier molecular flexibility index (Phi) is 3.87. The summed E-state index contributed by atoms with van der Waals surface area (Å²) in [5, 5.41) is 0. The van der Waals surface area contributed by atoms with Crippen molar-refractivity contribution in [2.45, 2.75) is 10.8 Å². The molecule has 0 amide bonds. The maximum atomic E-state index is 14.0. The molecule has 0 radical (unpaired) electrons. The fourth-order valence-corrected chi connectivity index (χ4v) is 5.37. The van der Waals surface area contributed by atoms with Crippen molar-refractivity contribution in [3.05, 3.63) is 131 Å². The van der Waals surface area contributed by atoms with Crippen LogP contribution in [-0.2, 0) is 20.4 Å². The van der Waals surface area contributed by atoms with Crippen molar-refractivity contribution in [2.75, 3.05) is 0 Å². The predicted octanol–water partition coefficient (Wildman–Crippen LogP) is 4.80. The van der Waals surface area contributed by atoms with Gasteiger partial charge in [-0.05, 0) is 23.3 Å². The molecule has 154 valence electrons. The van der Waals surface area contributed by atoms with Crippen LogP contribution in [0.1, 0.15) is 22.3 Å². The summed E-state index contributed by atoms with van der Waals surface area (Å²) in [6, 6.07) is 33.4. The topological polar surface area (TPSA) is 52.6 Å². The Bertz CT molecular complexity index is 1260. The molecule has 4 aromatic carbocycles. The van der Waals surface area contributed by atoms with Crippen molar-refractivity contribution in [3.8, 4) is 11.5 Å². The van der Waals surface area contributed by atoms with Gasteiger partial charge in [-0.3, -0.25) is 9.59 Å². The van der Waals surface area contributed by atoms with E-state index in [1.54, 1.807) is 12.1 Å². The molecule has 0 aliphatic carbocycles. The molecule has 2 atom stereocenters. The van der Waals surface area contributed by atoms with Crippen LogP contribution in [0.15, 0.2) is 109 Å². The fourth-order valence-electron chi connectivity index (χ4n) is 5.37. The Morgan fingerprint density at radius 3 is 1.19 bits per heavy atom. The third kappa shape index (κ3) is 2.11. The second-order valence-electron chi connectivity index (χ2n) is 8.00. The number of hydrogen-bond donors (Lipinski definition) is 0. The third-order valence-corrected chi connectivity index (χ3v) is 6.58. The molecule has 0 fully saturated rings. The number of hydrogen-bond acceptors (Lipinski definition) is 4. The minimum Gasteiger partial charge on any atom is -0.425 e. The lowest BCUT2D eigenvalue weighted by Crippen LogP contribution is -2.58. The van der Waals surface area contributed by atoms with Crippen molar-refractivity contribution in [1.82, 2.24) is 0 Å². The van der Waals surface area contributed by atoms with Gasteiger partial charge < -0.3 is 9.47 Å². The Morgan fingerprint density at radius 1 is 0.438 bits per heavy atom. The van der Waals surface area contributed by atoms with Gasteiger partial charge in [0, 0.05) is 11.1 Å². The summed E-state index contributed by atoms with van der Waals surface area (Å²) in [6.07, 6.45) is 0. The van der Waals surface area contributed by atoms with Gasteiger partial charge in [-0.1, -0.05) is 97.1 Å². The summed E-state index contributed by atoms with van der Waals surface area (Å²) in [5.41, 5.74) is -0.284. The summed E-state index contributed by atoms with van der Waals surface area (Å²) in [5.74, 6) is -0.0903. The molecule has 6 rings (SSSR count). The number of carbonyl (C=O) groups is 2. The van der Waals surface area contributed by atoms with Gasteiger partial charge in [-0.25, -0.2) is 0 Å². The highest BCUT2D eigenvalue weighted by molar-refractivity contribution is 6.08. The molecule has 2 unspecified atom stereocenters. The number of ether oxygens (including phenoxy) is 2. The molecule has 2 heterocycles. The molecule has 2 aliphatic heterocycles. The number of esters is 2. The summed E-state index contributed by atoms with van der Waals surface area (Å²) in [7, 11) is 0. The van der Waals surface area contributed by atoms with E-state index >= 15 is 0 Å². The van der Waals surface area contributed by atoms with Crippen molar-refractivity contribution >= 4 is 11.9 Å². The summed E-state index contributed by atoms with van der Waals surface area (Å²) < 4.78 is 11.7. The zero-order valence-electron chi connectivity index (χ0n) is 17.0. The molecule has 0 saturated carbocycles. The van der Waals surface area contributed by atoms with Crippen LogP contribution in [0.2, 0.25) is 0 Å². The Labute approximate surface area is 185 Å². The van der Waals surface area contributed by atoms with E-state index < -0.39 is 22.8 Å². The first kappa shape index (κ1) is 18.6. The zero-order valence-corrected chi connectivity index (χ0v) is 17.0. The SMILES string of the molecule is O=C1Oc2ccccc2C1(c1ccccc1)C1(c2ccccc2)C(=O)Oc2ccccc21. The monoisotopic (exact) mass is 418 g/mol. The fraction of sp³-hybridized carbons (Fsp3) is 0.0714. The number of benzene rings is 4. The summed E-state index contributed by atoms with van der Waals surface area (Å²) in [4.78, 5) is 28.1. The number of carbonyl (C=O) groups excluding carboxylic acids is 2. The lowest BCUT2D eigenvalue weighted by atomic mass is 9.52. The van der Waals surface area contributed by atoms with E-state index in [4.69, 9.17) is 9.47 Å². The van der Waals surface area contributed by atoms with Crippen LogP contribution in [-0.4, -0.2) is 11.9 Å². The molecule has 0 saturated heterocycles. The normalized spacial score (nSPS) is 23.2. The molecule has 2 aliphatic rings. The summed E-state index contributed by atoms with van der Waals surface area (Å²) >= 11 is 0. The molecular formula is C28H18O4.